The Morgan fingerprint density at radius 2 is 1.70 bits per heavy atom. The van der Waals surface area contributed by atoms with Crippen LogP contribution < -0.4 is 5.32 Å². The fourth-order valence-corrected chi connectivity index (χ4v) is 4.89. The maximum absolute atomic E-state index is 12.6. The fourth-order valence-electron chi connectivity index (χ4n) is 4.01. The average molecular weight is 420 g/mol. The number of aliphatic imine (C=N–C) groups is 2. The van der Waals surface area contributed by atoms with Crippen LogP contribution in [0.1, 0.15) is 54.4 Å². The molecular weight excluding hydrogens is 390 g/mol. The van der Waals surface area contributed by atoms with Crippen LogP contribution in [-0.4, -0.2) is 28.1 Å². The molecule has 1 amide bonds. The molecule has 2 aromatic carbocycles. The van der Waals surface area contributed by atoms with Crippen molar-refractivity contribution in [3.8, 4) is 0 Å². The number of nitrogens with one attached hydrogen (secondary N) is 1. The van der Waals surface area contributed by atoms with E-state index in [1.54, 1.807) is 0 Å². The van der Waals surface area contributed by atoms with E-state index in [-0.39, 0.29) is 11.6 Å². The van der Waals surface area contributed by atoms with E-state index in [2.05, 4.69) is 50.4 Å². The minimum atomic E-state index is -0.314. The van der Waals surface area contributed by atoms with Gasteiger partial charge in [0.2, 0.25) is 5.91 Å². The van der Waals surface area contributed by atoms with Gasteiger partial charge in [0.25, 0.3) is 0 Å². The number of benzene rings is 2. The van der Waals surface area contributed by atoms with Crippen molar-refractivity contribution < 1.29 is 4.79 Å². The molecule has 4 rings (SSSR count). The second-order valence-electron chi connectivity index (χ2n) is 8.42. The van der Waals surface area contributed by atoms with Crippen LogP contribution in [0.2, 0.25) is 0 Å². The molecule has 2 aromatic rings. The predicted octanol–water partition coefficient (Wildman–Crippen LogP) is 5.85. The third kappa shape index (κ3) is 4.67. The zero-order valence-electron chi connectivity index (χ0n) is 18.0. The number of carbonyl (C=O) groups is 1. The predicted molar refractivity (Wildman–Crippen MR) is 128 cm³/mol. The number of anilines is 1. The molecule has 4 nitrogen and oxygen atoms in total. The van der Waals surface area contributed by atoms with Crippen LogP contribution in [0.4, 0.5) is 5.69 Å². The van der Waals surface area contributed by atoms with E-state index in [1.165, 1.54) is 47.7 Å². The maximum Gasteiger partial charge on any atom is 0.234 e. The lowest BCUT2D eigenvalue weighted by Crippen LogP contribution is -2.25. The lowest BCUT2D eigenvalue weighted by atomic mass is 9.90. The summed E-state index contributed by atoms with van der Waals surface area (Å²) in [6.07, 6.45) is 5.59. The minimum Gasteiger partial charge on any atom is -0.325 e. The van der Waals surface area contributed by atoms with E-state index >= 15 is 0 Å². The molecule has 156 valence electrons. The van der Waals surface area contributed by atoms with Gasteiger partial charge >= 0.3 is 0 Å². The monoisotopic (exact) mass is 419 g/mol. The number of amides is 1. The van der Waals surface area contributed by atoms with Gasteiger partial charge in [-0.05, 0) is 69.7 Å². The third-order valence-electron chi connectivity index (χ3n) is 5.94. The Bertz CT molecular complexity index is 1000. The molecule has 0 aromatic heterocycles. The molecule has 1 fully saturated rings. The summed E-state index contributed by atoms with van der Waals surface area (Å²) in [6.45, 7) is 6.22. The Morgan fingerprint density at radius 1 is 0.967 bits per heavy atom. The van der Waals surface area contributed by atoms with E-state index in [0.29, 0.717) is 5.75 Å². The topological polar surface area (TPSA) is 53.8 Å². The SMILES string of the molecule is Cc1ccc(C2=NC3(CCCCC3)N=C2SCC(=O)Nc2ccc(C)c(C)c2)cc1. The molecule has 1 aliphatic heterocycles. The zero-order valence-corrected chi connectivity index (χ0v) is 18.8. The normalized spacial score (nSPS) is 17.6. The van der Waals surface area contributed by atoms with Crippen molar-refractivity contribution in [2.75, 3.05) is 11.1 Å². The highest BCUT2D eigenvalue weighted by Crippen LogP contribution is 2.38. The first kappa shape index (κ1) is 20.9. The van der Waals surface area contributed by atoms with Gasteiger partial charge in [0, 0.05) is 11.3 Å². The van der Waals surface area contributed by atoms with E-state index in [9.17, 15) is 4.79 Å². The molecule has 5 heteroatoms. The number of rotatable bonds is 4. The molecule has 0 unspecified atom stereocenters. The molecule has 1 heterocycles. The molecule has 0 radical (unpaired) electrons. The number of hydrogen-bond acceptors (Lipinski definition) is 4. The summed E-state index contributed by atoms with van der Waals surface area (Å²) in [4.78, 5) is 22.8. The summed E-state index contributed by atoms with van der Waals surface area (Å²) >= 11 is 1.50. The summed E-state index contributed by atoms with van der Waals surface area (Å²) in [7, 11) is 0. The number of aryl methyl sites for hydroxylation is 3. The molecule has 1 saturated carbocycles. The van der Waals surface area contributed by atoms with Crippen molar-refractivity contribution in [2.24, 2.45) is 9.98 Å². The van der Waals surface area contributed by atoms with E-state index in [1.807, 2.05) is 18.2 Å². The summed E-state index contributed by atoms with van der Waals surface area (Å²) in [5, 5.41) is 3.91. The van der Waals surface area contributed by atoms with Crippen LogP contribution in [0.15, 0.2) is 52.4 Å². The fraction of sp³-hybridized carbons (Fsp3) is 0.400. The third-order valence-corrected chi connectivity index (χ3v) is 6.91. The first-order valence-corrected chi connectivity index (χ1v) is 11.7. The Labute approximate surface area is 183 Å². The smallest absolute Gasteiger partial charge is 0.234 e. The number of nitrogens with zero attached hydrogens (tertiary/aromatic N) is 2. The Morgan fingerprint density at radius 3 is 2.40 bits per heavy atom. The molecule has 2 aliphatic rings. The van der Waals surface area contributed by atoms with E-state index in [0.717, 1.165) is 34.8 Å². The zero-order chi connectivity index (χ0) is 21.1. The van der Waals surface area contributed by atoms with Gasteiger partial charge in [0.05, 0.1) is 11.5 Å². The van der Waals surface area contributed by atoms with Crippen LogP contribution in [0, 0.1) is 20.8 Å². The van der Waals surface area contributed by atoms with Crippen LogP contribution >= 0.6 is 11.8 Å². The second kappa shape index (κ2) is 8.76. The molecule has 1 aliphatic carbocycles. The van der Waals surface area contributed by atoms with Crippen molar-refractivity contribution in [3.63, 3.8) is 0 Å². The lowest BCUT2D eigenvalue weighted by Gasteiger charge is -2.27. The van der Waals surface area contributed by atoms with Gasteiger partial charge in [-0.15, -0.1) is 0 Å². The highest BCUT2D eigenvalue weighted by atomic mass is 32.2. The standard InChI is InChI=1S/C25H29N3OS/c1-17-7-10-20(11-8-17)23-24(28-25(27-23)13-5-4-6-14-25)30-16-22(29)26-21-12-9-18(2)19(3)15-21/h7-12,15H,4-6,13-14,16H2,1-3H3,(H,26,29). The van der Waals surface area contributed by atoms with Gasteiger partial charge in [-0.3, -0.25) is 9.79 Å². The van der Waals surface area contributed by atoms with E-state index in [4.69, 9.17) is 9.98 Å². The molecule has 0 saturated heterocycles. The summed E-state index contributed by atoms with van der Waals surface area (Å²) in [6, 6.07) is 14.4. The van der Waals surface area contributed by atoms with Gasteiger partial charge in [-0.25, -0.2) is 4.99 Å². The molecule has 30 heavy (non-hydrogen) atoms. The summed E-state index contributed by atoms with van der Waals surface area (Å²) in [5.74, 6) is 0.311. The summed E-state index contributed by atoms with van der Waals surface area (Å²) in [5.41, 5.74) is 6.18. The van der Waals surface area contributed by atoms with Crippen molar-refractivity contribution >= 4 is 34.1 Å². The van der Waals surface area contributed by atoms with Crippen molar-refractivity contribution in [1.29, 1.82) is 0 Å². The first-order valence-electron chi connectivity index (χ1n) is 10.7. The molecule has 1 N–H and O–H groups in total. The highest BCUT2D eigenvalue weighted by molar-refractivity contribution is 8.16. The first-order chi connectivity index (χ1) is 14.4. The largest absolute Gasteiger partial charge is 0.325 e. The Balaban J connectivity index is 1.49. The van der Waals surface area contributed by atoms with Crippen molar-refractivity contribution in [2.45, 2.75) is 58.5 Å². The molecule has 1 spiro atoms. The number of carbonyl (C=O) groups excluding carboxylic acids is 1. The van der Waals surface area contributed by atoms with Crippen LogP contribution in [0.3, 0.4) is 0 Å². The van der Waals surface area contributed by atoms with Crippen molar-refractivity contribution in [3.05, 3.63) is 64.7 Å². The number of hydrogen-bond donors (Lipinski definition) is 1. The second-order valence-corrected chi connectivity index (χ2v) is 9.39. The van der Waals surface area contributed by atoms with Crippen LogP contribution in [-0.2, 0) is 4.79 Å². The molecular formula is C25H29N3OS. The Hall–Kier alpha value is -2.40. The minimum absolute atomic E-state index is 0.0150. The van der Waals surface area contributed by atoms with Crippen LogP contribution in [0.5, 0.6) is 0 Å². The van der Waals surface area contributed by atoms with Gasteiger partial charge in [-0.1, -0.05) is 54.1 Å². The quantitative estimate of drug-likeness (QED) is 0.676. The summed E-state index contributed by atoms with van der Waals surface area (Å²) < 4.78 is 0. The molecule has 0 bridgehead atoms. The van der Waals surface area contributed by atoms with Gasteiger partial charge < -0.3 is 5.32 Å². The van der Waals surface area contributed by atoms with E-state index < -0.39 is 0 Å². The van der Waals surface area contributed by atoms with Crippen molar-refractivity contribution in [1.82, 2.24) is 0 Å². The van der Waals surface area contributed by atoms with Gasteiger partial charge in [-0.2, -0.15) is 0 Å². The van der Waals surface area contributed by atoms with Gasteiger partial charge in [0.1, 0.15) is 5.04 Å². The highest BCUT2D eigenvalue weighted by Gasteiger charge is 2.37. The van der Waals surface area contributed by atoms with Gasteiger partial charge in [0.15, 0.2) is 5.66 Å². The lowest BCUT2D eigenvalue weighted by molar-refractivity contribution is -0.113. The number of thioether (sulfide) groups is 1. The maximum atomic E-state index is 12.6. The Kier molecular flexibility index (Phi) is 6.09. The van der Waals surface area contributed by atoms with Crippen LogP contribution in [0.25, 0.3) is 0 Å². The molecule has 0 atom stereocenters. The average Bonchev–Trinajstić information content (AvgIpc) is 3.08.